The van der Waals surface area contributed by atoms with Gasteiger partial charge in [-0.05, 0) is 86.4 Å². The minimum absolute atomic E-state index is 0.545. The van der Waals surface area contributed by atoms with E-state index >= 15 is 0 Å². The molecular formula is C18H29NS. The van der Waals surface area contributed by atoms with Crippen LogP contribution in [0.2, 0.25) is 0 Å². The molecule has 0 bridgehead atoms. The second-order valence-electron chi connectivity index (χ2n) is 7.57. The zero-order valence-corrected chi connectivity index (χ0v) is 14.0. The van der Waals surface area contributed by atoms with Crippen molar-refractivity contribution in [1.82, 2.24) is 4.90 Å². The van der Waals surface area contributed by atoms with Gasteiger partial charge < -0.3 is 4.90 Å². The Morgan fingerprint density at radius 1 is 1.35 bits per heavy atom. The van der Waals surface area contributed by atoms with Gasteiger partial charge in [0.2, 0.25) is 0 Å². The van der Waals surface area contributed by atoms with Gasteiger partial charge in [0.05, 0.1) is 0 Å². The number of piperidine rings is 1. The third kappa shape index (κ3) is 3.46. The molecule has 20 heavy (non-hydrogen) atoms. The summed E-state index contributed by atoms with van der Waals surface area (Å²) < 4.78 is 0. The highest BCUT2D eigenvalue weighted by molar-refractivity contribution is 7.10. The van der Waals surface area contributed by atoms with E-state index < -0.39 is 0 Å². The second kappa shape index (κ2) is 6.19. The Kier molecular flexibility index (Phi) is 4.52. The molecule has 0 amide bonds. The number of likely N-dealkylation sites (tertiary alicyclic amines) is 1. The third-order valence-electron chi connectivity index (χ3n) is 5.18. The molecule has 1 atom stereocenters. The van der Waals surface area contributed by atoms with Crippen molar-refractivity contribution in [2.75, 3.05) is 19.6 Å². The first kappa shape index (κ1) is 14.6. The predicted molar refractivity (Wildman–Crippen MR) is 88.7 cm³/mol. The Morgan fingerprint density at radius 2 is 2.25 bits per heavy atom. The van der Waals surface area contributed by atoms with Crippen LogP contribution in [0.3, 0.4) is 0 Å². The number of nitrogens with zero attached hydrogens (tertiary/aromatic N) is 1. The topological polar surface area (TPSA) is 3.24 Å². The van der Waals surface area contributed by atoms with Gasteiger partial charge in [0.25, 0.3) is 0 Å². The smallest absolute Gasteiger partial charge is 0.00800 e. The maximum absolute atomic E-state index is 2.71. The molecule has 0 N–H and O–H groups in total. The van der Waals surface area contributed by atoms with Crippen LogP contribution in [0.25, 0.3) is 0 Å². The van der Waals surface area contributed by atoms with Crippen molar-refractivity contribution < 1.29 is 0 Å². The van der Waals surface area contributed by atoms with Crippen molar-refractivity contribution in [1.29, 1.82) is 0 Å². The van der Waals surface area contributed by atoms with Crippen molar-refractivity contribution in [3.8, 4) is 0 Å². The Morgan fingerprint density at radius 3 is 3.10 bits per heavy atom. The zero-order valence-electron chi connectivity index (χ0n) is 13.2. The molecule has 1 aliphatic carbocycles. The van der Waals surface area contributed by atoms with Gasteiger partial charge in [0.1, 0.15) is 0 Å². The van der Waals surface area contributed by atoms with E-state index in [1.54, 1.807) is 10.4 Å². The van der Waals surface area contributed by atoms with Crippen molar-refractivity contribution in [2.45, 2.75) is 64.7 Å². The van der Waals surface area contributed by atoms with Crippen LogP contribution in [0.5, 0.6) is 0 Å². The monoisotopic (exact) mass is 291 g/mol. The summed E-state index contributed by atoms with van der Waals surface area (Å²) in [6.45, 7) is 8.81. The van der Waals surface area contributed by atoms with Crippen LogP contribution in [-0.4, -0.2) is 24.5 Å². The van der Waals surface area contributed by atoms with Crippen LogP contribution in [-0.2, 0) is 6.42 Å². The van der Waals surface area contributed by atoms with E-state index in [0.29, 0.717) is 5.41 Å². The van der Waals surface area contributed by atoms with Gasteiger partial charge in [-0.15, -0.1) is 11.3 Å². The molecule has 1 saturated heterocycles. The number of rotatable bonds is 4. The molecule has 2 heterocycles. The van der Waals surface area contributed by atoms with Crippen molar-refractivity contribution in [3.63, 3.8) is 0 Å². The highest BCUT2D eigenvalue weighted by Gasteiger charge is 2.26. The van der Waals surface area contributed by atoms with Crippen LogP contribution in [0, 0.1) is 5.41 Å². The highest BCUT2D eigenvalue weighted by Crippen LogP contribution is 2.37. The molecule has 1 aliphatic heterocycles. The Hall–Kier alpha value is -0.340. The lowest BCUT2D eigenvalue weighted by Gasteiger charge is -2.38. The third-order valence-corrected chi connectivity index (χ3v) is 6.18. The normalized spacial score (nSPS) is 26.4. The van der Waals surface area contributed by atoms with Crippen LogP contribution in [0.15, 0.2) is 11.4 Å². The van der Waals surface area contributed by atoms with Crippen molar-refractivity contribution in [3.05, 3.63) is 21.9 Å². The fourth-order valence-electron chi connectivity index (χ4n) is 4.18. The number of thiophene rings is 1. The molecular weight excluding hydrogens is 262 g/mol. The SMILES string of the molecule is CC1(C)CCCN(CCC[C@H]2CCCc3sccc32)C1. The van der Waals surface area contributed by atoms with E-state index in [0.717, 1.165) is 5.92 Å². The molecule has 1 aromatic heterocycles. The molecule has 2 aliphatic rings. The average molecular weight is 292 g/mol. The number of aryl methyl sites for hydroxylation is 1. The fourth-order valence-corrected chi connectivity index (χ4v) is 5.19. The van der Waals surface area contributed by atoms with Crippen LogP contribution in [0.1, 0.15) is 68.7 Å². The first-order chi connectivity index (χ1) is 9.64. The molecule has 0 radical (unpaired) electrons. The first-order valence-electron chi connectivity index (χ1n) is 8.43. The molecule has 3 rings (SSSR count). The fraction of sp³-hybridized carbons (Fsp3) is 0.778. The van der Waals surface area contributed by atoms with E-state index in [9.17, 15) is 0 Å². The van der Waals surface area contributed by atoms with Gasteiger partial charge in [-0.25, -0.2) is 0 Å². The summed E-state index contributed by atoms with van der Waals surface area (Å²) in [6, 6.07) is 2.40. The van der Waals surface area contributed by atoms with Gasteiger partial charge >= 0.3 is 0 Å². The van der Waals surface area contributed by atoms with Crippen molar-refractivity contribution >= 4 is 11.3 Å². The quantitative estimate of drug-likeness (QED) is 0.748. The van der Waals surface area contributed by atoms with Crippen molar-refractivity contribution in [2.24, 2.45) is 5.41 Å². The second-order valence-corrected chi connectivity index (χ2v) is 8.58. The van der Waals surface area contributed by atoms with E-state index in [4.69, 9.17) is 0 Å². The summed E-state index contributed by atoms with van der Waals surface area (Å²) in [5.74, 6) is 0.864. The lowest BCUT2D eigenvalue weighted by molar-refractivity contribution is 0.115. The van der Waals surface area contributed by atoms with Crippen LogP contribution in [0.4, 0.5) is 0 Å². The summed E-state index contributed by atoms with van der Waals surface area (Å²) in [5.41, 5.74) is 2.24. The Balaban J connectivity index is 1.47. The van der Waals surface area contributed by atoms with E-state index in [1.807, 2.05) is 11.3 Å². The molecule has 112 valence electrons. The molecule has 0 spiro atoms. The lowest BCUT2D eigenvalue weighted by Crippen LogP contribution is -2.40. The summed E-state index contributed by atoms with van der Waals surface area (Å²) in [7, 11) is 0. The molecule has 1 fully saturated rings. The highest BCUT2D eigenvalue weighted by atomic mass is 32.1. The minimum atomic E-state index is 0.545. The summed E-state index contributed by atoms with van der Waals surface area (Å²) in [6.07, 6.45) is 9.76. The number of hydrogen-bond acceptors (Lipinski definition) is 2. The maximum Gasteiger partial charge on any atom is 0.00800 e. The lowest BCUT2D eigenvalue weighted by atomic mass is 9.83. The number of fused-ring (bicyclic) bond motifs is 1. The molecule has 0 unspecified atom stereocenters. The van der Waals surface area contributed by atoms with Gasteiger partial charge in [0, 0.05) is 11.4 Å². The molecule has 0 saturated carbocycles. The van der Waals surface area contributed by atoms with Gasteiger partial charge in [-0.3, -0.25) is 0 Å². The first-order valence-corrected chi connectivity index (χ1v) is 9.31. The summed E-state index contributed by atoms with van der Waals surface area (Å²) >= 11 is 1.98. The van der Waals surface area contributed by atoms with Crippen LogP contribution >= 0.6 is 11.3 Å². The largest absolute Gasteiger partial charge is 0.303 e. The summed E-state index contributed by atoms with van der Waals surface area (Å²) in [5, 5.41) is 2.30. The number of hydrogen-bond donors (Lipinski definition) is 0. The van der Waals surface area contributed by atoms with E-state index in [1.165, 1.54) is 64.6 Å². The van der Waals surface area contributed by atoms with E-state index in [-0.39, 0.29) is 0 Å². The molecule has 1 aromatic rings. The summed E-state index contributed by atoms with van der Waals surface area (Å²) in [4.78, 5) is 4.39. The molecule has 0 aromatic carbocycles. The Bertz CT molecular complexity index is 434. The van der Waals surface area contributed by atoms with E-state index in [2.05, 4.69) is 30.2 Å². The average Bonchev–Trinajstić information content (AvgIpc) is 2.87. The molecule has 1 nitrogen and oxygen atoms in total. The minimum Gasteiger partial charge on any atom is -0.303 e. The maximum atomic E-state index is 2.71. The van der Waals surface area contributed by atoms with Gasteiger partial charge in [0.15, 0.2) is 0 Å². The standard InChI is InChI=1S/C18H29NS/c1-18(2)10-5-12-19(14-18)11-4-7-15-6-3-8-17-16(15)9-13-20-17/h9,13,15H,3-8,10-12,14H2,1-2H3/t15-/m1/s1. The predicted octanol–water partition coefficient (Wildman–Crippen LogP) is 5.07. The van der Waals surface area contributed by atoms with Crippen LogP contribution < -0.4 is 0 Å². The Labute approximate surface area is 128 Å². The molecule has 2 heteroatoms. The van der Waals surface area contributed by atoms with Gasteiger partial charge in [-0.2, -0.15) is 0 Å². The zero-order chi connectivity index (χ0) is 14.0. The van der Waals surface area contributed by atoms with Gasteiger partial charge in [-0.1, -0.05) is 13.8 Å².